The Morgan fingerprint density at radius 2 is 1.89 bits per heavy atom. The third-order valence-corrected chi connectivity index (χ3v) is 3.62. The standard InChI is InChI=1S/C15H23Cl2N/c1-5-11(10-18-15(2,3)4)8-12-9-13(16)6-7-14(12)17/h6-7,9,11,18H,5,8,10H2,1-4H3. The van der Waals surface area contributed by atoms with Crippen LogP contribution in [0.5, 0.6) is 0 Å². The summed E-state index contributed by atoms with van der Waals surface area (Å²) >= 11 is 12.2. The van der Waals surface area contributed by atoms with Crippen LogP contribution in [0.15, 0.2) is 18.2 Å². The van der Waals surface area contributed by atoms with Gasteiger partial charge in [-0.15, -0.1) is 0 Å². The molecule has 0 saturated heterocycles. The summed E-state index contributed by atoms with van der Waals surface area (Å²) in [6.45, 7) is 9.78. The summed E-state index contributed by atoms with van der Waals surface area (Å²) < 4.78 is 0. The van der Waals surface area contributed by atoms with E-state index in [1.165, 1.54) is 0 Å². The van der Waals surface area contributed by atoms with Gasteiger partial charge in [0.15, 0.2) is 0 Å². The van der Waals surface area contributed by atoms with Crippen molar-refractivity contribution < 1.29 is 0 Å². The van der Waals surface area contributed by atoms with Crippen LogP contribution in [0, 0.1) is 5.92 Å². The van der Waals surface area contributed by atoms with Crippen LogP contribution >= 0.6 is 23.2 Å². The zero-order chi connectivity index (χ0) is 13.8. The van der Waals surface area contributed by atoms with Crippen molar-refractivity contribution in [2.75, 3.05) is 6.54 Å². The van der Waals surface area contributed by atoms with E-state index in [-0.39, 0.29) is 5.54 Å². The van der Waals surface area contributed by atoms with Crippen molar-refractivity contribution in [2.24, 2.45) is 5.92 Å². The molecule has 0 heterocycles. The largest absolute Gasteiger partial charge is 0.312 e. The Morgan fingerprint density at radius 1 is 1.22 bits per heavy atom. The van der Waals surface area contributed by atoms with Gasteiger partial charge in [-0.25, -0.2) is 0 Å². The Labute approximate surface area is 121 Å². The summed E-state index contributed by atoms with van der Waals surface area (Å²) in [6.07, 6.45) is 2.10. The van der Waals surface area contributed by atoms with Crippen LogP contribution in [0.3, 0.4) is 0 Å². The van der Waals surface area contributed by atoms with Crippen LogP contribution in [-0.2, 0) is 6.42 Å². The molecule has 1 atom stereocenters. The molecule has 0 fully saturated rings. The predicted octanol–water partition coefficient (Wildman–Crippen LogP) is 4.95. The van der Waals surface area contributed by atoms with E-state index in [1.807, 2.05) is 18.2 Å². The third-order valence-electron chi connectivity index (χ3n) is 3.01. The zero-order valence-corrected chi connectivity index (χ0v) is 13.2. The lowest BCUT2D eigenvalue weighted by molar-refractivity contribution is 0.363. The minimum atomic E-state index is 0.158. The van der Waals surface area contributed by atoms with Gasteiger partial charge < -0.3 is 5.32 Å². The number of rotatable bonds is 5. The molecule has 0 aliphatic heterocycles. The zero-order valence-electron chi connectivity index (χ0n) is 11.7. The summed E-state index contributed by atoms with van der Waals surface area (Å²) in [5.41, 5.74) is 1.30. The Bertz CT molecular complexity index is 383. The molecule has 0 radical (unpaired) electrons. The first kappa shape index (κ1) is 15.8. The number of hydrogen-bond donors (Lipinski definition) is 1. The second-order valence-corrected chi connectivity index (χ2v) is 6.69. The van der Waals surface area contributed by atoms with Crippen LogP contribution in [0.4, 0.5) is 0 Å². The average Bonchev–Trinajstić information content (AvgIpc) is 2.27. The predicted molar refractivity (Wildman–Crippen MR) is 81.7 cm³/mol. The lowest BCUT2D eigenvalue weighted by Crippen LogP contribution is -2.39. The Balaban J connectivity index is 2.65. The highest BCUT2D eigenvalue weighted by Crippen LogP contribution is 2.24. The molecule has 0 spiro atoms. The van der Waals surface area contributed by atoms with Crippen LogP contribution in [-0.4, -0.2) is 12.1 Å². The molecule has 1 N–H and O–H groups in total. The van der Waals surface area contributed by atoms with Gasteiger partial charge in [-0.1, -0.05) is 36.5 Å². The molecule has 0 saturated carbocycles. The Hall–Kier alpha value is -0.240. The first-order chi connectivity index (χ1) is 8.31. The molecule has 1 unspecified atom stereocenters. The molecular weight excluding hydrogens is 265 g/mol. The first-order valence-corrected chi connectivity index (χ1v) is 7.26. The fourth-order valence-corrected chi connectivity index (χ4v) is 2.21. The quantitative estimate of drug-likeness (QED) is 0.808. The smallest absolute Gasteiger partial charge is 0.0439 e. The molecule has 3 heteroatoms. The van der Waals surface area contributed by atoms with Gasteiger partial charge in [-0.2, -0.15) is 0 Å². The molecule has 0 aliphatic carbocycles. The van der Waals surface area contributed by atoms with E-state index in [4.69, 9.17) is 23.2 Å². The highest BCUT2D eigenvalue weighted by atomic mass is 35.5. The summed E-state index contributed by atoms with van der Waals surface area (Å²) in [4.78, 5) is 0. The number of nitrogens with one attached hydrogen (secondary N) is 1. The van der Waals surface area contributed by atoms with Crippen molar-refractivity contribution in [1.29, 1.82) is 0 Å². The molecule has 1 nitrogen and oxygen atoms in total. The Morgan fingerprint density at radius 3 is 2.44 bits per heavy atom. The van der Waals surface area contributed by atoms with Gasteiger partial charge >= 0.3 is 0 Å². The van der Waals surface area contributed by atoms with Crippen LogP contribution in [0.1, 0.15) is 39.7 Å². The van der Waals surface area contributed by atoms with Gasteiger partial charge in [0.2, 0.25) is 0 Å². The van der Waals surface area contributed by atoms with E-state index in [9.17, 15) is 0 Å². The number of benzene rings is 1. The number of hydrogen-bond acceptors (Lipinski definition) is 1. The lowest BCUT2D eigenvalue weighted by Gasteiger charge is -2.25. The SMILES string of the molecule is CCC(CNC(C)(C)C)Cc1cc(Cl)ccc1Cl. The number of halogens is 2. The van der Waals surface area contributed by atoms with Crippen molar-refractivity contribution in [1.82, 2.24) is 5.32 Å². The van der Waals surface area contributed by atoms with Crippen molar-refractivity contribution in [2.45, 2.75) is 46.1 Å². The van der Waals surface area contributed by atoms with E-state index >= 15 is 0 Å². The van der Waals surface area contributed by atoms with Gasteiger partial charge in [-0.3, -0.25) is 0 Å². The molecule has 0 aromatic heterocycles. The molecule has 1 aromatic rings. The van der Waals surface area contributed by atoms with E-state index in [0.29, 0.717) is 5.92 Å². The molecule has 0 aliphatic rings. The summed E-state index contributed by atoms with van der Waals surface area (Å²) in [6, 6.07) is 5.69. The maximum absolute atomic E-state index is 6.21. The van der Waals surface area contributed by atoms with Crippen LogP contribution in [0.25, 0.3) is 0 Å². The first-order valence-electron chi connectivity index (χ1n) is 6.50. The molecule has 0 amide bonds. The monoisotopic (exact) mass is 287 g/mol. The second-order valence-electron chi connectivity index (χ2n) is 5.85. The minimum absolute atomic E-state index is 0.158. The molecule has 0 bridgehead atoms. The van der Waals surface area contributed by atoms with Gasteiger partial charge in [0.05, 0.1) is 0 Å². The maximum Gasteiger partial charge on any atom is 0.0439 e. The molecule has 102 valence electrons. The van der Waals surface area contributed by atoms with Crippen molar-refractivity contribution in [3.63, 3.8) is 0 Å². The van der Waals surface area contributed by atoms with E-state index < -0.39 is 0 Å². The van der Waals surface area contributed by atoms with E-state index in [1.54, 1.807) is 0 Å². The van der Waals surface area contributed by atoms with Gasteiger partial charge in [-0.05, 0) is 63.4 Å². The second kappa shape index (κ2) is 6.79. The Kier molecular flexibility index (Phi) is 5.97. The van der Waals surface area contributed by atoms with Gasteiger partial charge in [0.1, 0.15) is 0 Å². The average molecular weight is 288 g/mol. The van der Waals surface area contributed by atoms with E-state index in [2.05, 4.69) is 33.0 Å². The molecule has 1 aromatic carbocycles. The molecule has 18 heavy (non-hydrogen) atoms. The molecule has 1 rings (SSSR count). The van der Waals surface area contributed by atoms with Gasteiger partial charge in [0, 0.05) is 15.6 Å². The topological polar surface area (TPSA) is 12.0 Å². The third kappa shape index (κ3) is 5.60. The maximum atomic E-state index is 6.21. The van der Waals surface area contributed by atoms with Crippen LogP contribution < -0.4 is 5.32 Å². The van der Waals surface area contributed by atoms with E-state index in [0.717, 1.165) is 35.0 Å². The van der Waals surface area contributed by atoms with Crippen LogP contribution in [0.2, 0.25) is 10.0 Å². The fourth-order valence-electron chi connectivity index (χ4n) is 1.82. The normalized spacial score (nSPS) is 13.7. The summed E-state index contributed by atoms with van der Waals surface area (Å²) in [5.74, 6) is 0.584. The lowest BCUT2D eigenvalue weighted by atomic mass is 9.95. The summed E-state index contributed by atoms with van der Waals surface area (Å²) in [5, 5.41) is 5.12. The minimum Gasteiger partial charge on any atom is -0.312 e. The van der Waals surface area contributed by atoms with Crippen molar-refractivity contribution >= 4 is 23.2 Å². The van der Waals surface area contributed by atoms with Crippen molar-refractivity contribution in [3.05, 3.63) is 33.8 Å². The highest BCUT2D eigenvalue weighted by molar-refractivity contribution is 6.33. The van der Waals surface area contributed by atoms with Gasteiger partial charge in [0.25, 0.3) is 0 Å². The highest BCUT2D eigenvalue weighted by Gasteiger charge is 2.14. The molecular formula is C15H23Cl2N. The summed E-state index contributed by atoms with van der Waals surface area (Å²) in [7, 11) is 0. The van der Waals surface area contributed by atoms with Crippen molar-refractivity contribution in [3.8, 4) is 0 Å². The fraction of sp³-hybridized carbons (Fsp3) is 0.600.